The molecule has 0 spiro atoms. The highest BCUT2D eigenvalue weighted by atomic mass is 16.5. The molecule has 1 amide bonds. The Kier molecular flexibility index (Phi) is 4.16. The summed E-state index contributed by atoms with van der Waals surface area (Å²) in [6.07, 6.45) is 2.23. The molecule has 2 N–H and O–H groups in total. The molecule has 2 heterocycles. The Morgan fingerprint density at radius 2 is 2.15 bits per heavy atom. The normalized spacial score (nSPS) is 19.1. The zero-order valence-electron chi connectivity index (χ0n) is 14.2. The summed E-state index contributed by atoms with van der Waals surface area (Å²) < 4.78 is 10.8. The topological polar surface area (TPSA) is 114 Å². The second kappa shape index (κ2) is 6.62. The van der Waals surface area contributed by atoms with E-state index in [-0.39, 0.29) is 29.3 Å². The minimum absolute atomic E-state index is 0.0467. The first-order valence-electron chi connectivity index (χ1n) is 8.51. The summed E-state index contributed by atoms with van der Waals surface area (Å²) in [7, 11) is 0. The lowest BCUT2D eigenvalue weighted by Gasteiger charge is -2.33. The molecule has 26 heavy (non-hydrogen) atoms. The Morgan fingerprint density at radius 3 is 2.88 bits per heavy atom. The van der Waals surface area contributed by atoms with E-state index in [1.165, 1.54) is 0 Å². The lowest BCUT2D eigenvalue weighted by molar-refractivity contribution is 0.0894. The molecule has 0 aliphatic heterocycles. The van der Waals surface area contributed by atoms with Crippen LogP contribution in [-0.2, 0) is 6.42 Å². The fraction of sp³-hybridized carbons (Fsp3) is 0.333. The number of phenolic OH excluding ortho intramolecular Hbond substituents is 1. The molecule has 1 aromatic carbocycles. The van der Waals surface area contributed by atoms with E-state index in [1.54, 1.807) is 30.3 Å². The second-order valence-corrected chi connectivity index (χ2v) is 6.35. The van der Waals surface area contributed by atoms with Crippen molar-refractivity contribution in [1.82, 2.24) is 20.7 Å². The van der Waals surface area contributed by atoms with E-state index < -0.39 is 0 Å². The molecule has 8 nitrogen and oxygen atoms in total. The molecule has 1 aliphatic carbocycles. The van der Waals surface area contributed by atoms with Crippen molar-refractivity contribution < 1.29 is 18.8 Å². The molecule has 8 heteroatoms. The van der Waals surface area contributed by atoms with Crippen molar-refractivity contribution in [3.8, 4) is 17.1 Å². The third-order valence-corrected chi connectivity index (χ3v) is 4.48. The highest BCUT2D eigenvalue weighted by Crippen LogP contribution is 2.36. The fourth-order valence-electron chi connectivity index (χ4n) is 2.95. The number of amides is 1. The minimum atomic E-state index is -0.289. The summed E-state index contributed by atoms with van der Waals surface area (Å²) in [4.78, 5) is 12.3. The van der Waals surface area contributed by atoms with Crippen LogP contribution in [0.5, 0.6) is 5.75 Å². The number of phenols is 1. The molecule has 1 saturated carbocycles. The lowest BCUT2D eigenvalue weighted by atomic mass is 9.80. The van der Waals surface area contributed by atoms with Gasteiger partial charge in [-0.15, -0.1) is 10.2 Å². The summed E-state index contributed by atoms with van der Waals surface area (Å²) in [5, 5.41) is 24.3. The van der Waals surface area contributed by atoms with E-state index in [0.29, 0.717) is 29.5 Å². The van der Waals surface area contributed by atoms with Crippen LogP contribution >= 0.6 is 0 Å². The van der Waals surface area contributed by atoms with Crippen molar-refractivity contribution in [3.63, 3.8) is 0 Å². The van der Waals surface area contributed by atoms with Crippen molar-refractivity contribution in [3.05, 3.63) is 47.8 Å². The van der Waals surface area contributed by atoms with Gasteiger partial charge in [0.05, 0.1) is 0 Å². The van der Waals surface area contributed by atoms with Crippen LogP contribution in [0.15, 0.2) is 39.3 Å². The van der Waals surface area contributed by atoms with Crippen LogP contribution in [0.1, 0.15) is 48.0 Å². The molecule has 134 valence electrons. The Morgan fingerprint density at radius 1 is 1.31 bits per heavy atom. The number of aromatic hydroxyl groups is 1. The van der Waals surface area contributed by atoms with Crippen LogP contribution in [0, 0.1) is 0 Å². The van der Waals surface area contributed by atoms with Gasteiger partial charge in [-0.05, 0) is 25.0 Å². The quantitative estimate of drug-likeness (QED) is 0.724. The number of aryl methyl sites for hydroxylation is 1. The summed E-state index contributed by atoms with van der Waals surface area (Å²) in [5.41, 5.74) is 0.862. The number of carbonyl (C=O) groups is 1. The van der Waals surface area contributed by atoms with E-state index in [9.17, 15) is 9.90 Å². The first kappa shape index (κ1) is 16.3. The average molecular weight is 354 g/mol. The van der Waals surface area contributed by atoms with Gasteiger partial charge in [-0.3, -0.25) is 4.79 Å². The summed E-state index contributed by atoms with van der Waals surface area (Å²) >= 11 is 0. The molecule has 0 atom stereocenters. The summed E-state index contributed by atoms with van der Waals surface area (Å²) in [6.45, 7) is 1.96. The van der Waals surface area contributed by atoms with Crippen LogP contribution in [0.3, 0.4) is 0 Å². The third-order valence-electron chi connectivity index (χ3n) is 4.48. The van der Waals surface area contributed by atoms with Gasteiger partial charge >= 0.3 is 0 Å². The number of rotatable bonds is 5. The zero-order chi connectivity index (χ0) is 18.1. The Labute approximate surface area is 149 Å². The maximum atomic E-state index is 12.3. The van der Waals surface area contributed by atoms with Crippen LogP contribution in [0.25, 0.3) is 11.3 Å². The van der Waals surface area contributed by atoms with Gasteiger partial charge in [0, 0.05) is 30.0 Å². The molecule has 4 rings (SSSR count). The van der Waals surface area contributed by atoms with Gasteiger partial charge in [0.25, 0.3) is 5.91 Å². The third kappa shape index (κ3) is 3.17. The number of carbonyl (C=O) groups excluding carboxylic acids is 1. The lowest BCUT2D eigenvalue weighted by Crippen LogP contribution is -2.43. The fourth-order valence-corrected chi connectivity index (χ4v) is 2.95. The van der Waals surface area contributed by atoms with Crippen molar-refractivity contribution in [2.24, 2.45) is 0 Å². The average Bonchev–Trinajstić information content (AvgIpc) is 3.27. The predicted octanol–water partition coefficient (Wildman–Crippen LogP) is 2.67. The Balaban J connectivity index is 1.35. The van der Waals surface area contributed by atoms with Gasteiger partial charge in [0.15, 0.2) is 11.5 Å². The summed E-state index contributed by atoms with van der Waals surface area (Å²) in [5.74, 6) is 1.72. The van der Waals surface area contributed by atoms with E-state index in [2.05, 4.69) is 20.7 Å². The standard InChI is InChI=1S/C18H18N4O4/c1-2-16-20-21-18(25-16)11-6-12(7-11)19-17(24)14-9-15(26-22-14)10-4-3-5-13(23)8-10/h3-5,8-9,11-12,23H,2,6-7H2,1H3,(H,19,24). The molecule has 0 bridgehead atoms. The second-order valence-electron chi connectivity index (χ2n) is 6.35. The zero-order valence-corrected chi connectivity index (χ0v) is 14.2. The Bertz CT molecular complexity index is 927. The number of benzene rings is 1. The number of hydrogen-bond donors (Lipinski definition) is 2. The molecule has 3 aromatic rings. The van der Waals surface area contributed by atoms with Gasteiger partial charge in [0.1, 0.15) is 5.75 Å². The predicted molar refractivity (Wildman–Crippen MR) is 90.5 cm³/mol. The Hall–Kier alpha value is -3.16. The van der Waals surface area contributed by atoms with E-state index >= 15 is 0 Å². The molecule has 0 unspecified atom stereocenters. The van der Waals surface area contributed by atoms with E-state index in [4.69, 9.17) is 8.94 Å². The number of hydrogen-bond acceptors (Lipinski definition) is 7. The van der Waals surface area contributed by atoms with Gasteiger partial charge in [-0.2, -0.15) is 0 Å². The molecule has 2 aromatic heterocycles. The molecule has 1 fully saturated rings. The molecule has 0 saturated heterocycles. The van der Waals surface area contributed by atoms with Crippen LogP contribution in [-0.4, -0.2) is 32.4 Å². The largest absolute Gasteiger partial charge is 0.508 e. The maximum Gasteiger partial charge on any atom is 0.273 e. The first-order chi connectivity index (χ1) is 12.6. The highest BCUT2D eigenvalue weighted by molar-refractivity contribution is 5.93. The van der Waals surface area contributed by atoms with Gasteiger partial charge in [-0.25, -0.2) is 0 Å². The van der Waals surface area contributed by atoms with Crippen molar-refractivity contribution in [1.29, 1.82) is 0 Å². The molecular formula is C18H18N4O4. The monoisotopic (exact) mass is 354 g/mol. The van der Waals surface area contributed by atoms with Crippen molar-refractivity contribution >= 4 is 5.91 Å². The van der Waals surface area contributed by atoms with Crippen LogP contribution in [0.4, 0.5) is 0 Å². The van der Waals surface area contributed by atoms with E-state index in [0.717, 1.165) is 12.8 Å². The number of aromatic nitrogens is 3. The first-order valence-corrected chi connectivity index (χ1v) is 8.51. The summed E-state index contributed by atoms with van der Waals surface area (Å²) in [6, 6.07) is 8.19. The molecular weight excluding hydrogens is 336 g/mol. The molecule has 1 aliphatic rings. The number of nitrogens with one attached hydrogen (secondary N) is 1. The SMILES string of the molecule is CCc1nnc(C2CC(NC(=O)c3cc(-c4cccc(O)c4)on3)C2)o1. The van der Waals surface area contributed by atoms with Crippen molar-refractivity contribution in [2.45, 2.75) is 38.1 Å². The van der Waals surface area contributed by atoms with Gasteiger partial charge < -0.3 is 19.4 Å². The van der Waals surface area contributed by atoms with Crippen LogP contribution < -0.4 is 5.32 Å². The smallest absolute Gasteiger partial charge is 0.273 e. The van der Waals surface area contributed by atoms with Gasteiger partial charge in [-0.1, -0.05) is 24.2 Å². The van der Waals surface area contributed by atoms with Gasteiger partial charge in [0.2, 0.25) is 11.8 Å². The van der Waals surface area contributed by atoms with Crippen molar-refractivity contribution in [2.75, 3.05) is 0 Å². The minimum Gasteiger partial charge on any atom is -0.508 e. The highest BCUT2D eigenvalue weighted by Gasteiger charge is 2.35. The van der Waals surface area contributed by atoms with E-state index in [1.807, 2.05) is 6.92 Å². The number of nitrogens with zero attached hydrogens (tertiary/aromatic N) is 3. The molecule has 0 radical (unpaired) electrons. The maximum absolute atomic E-state index is 12.3. The van der Waals surface area contributed by atoms with Crippen LogP contribution in [0.2, 0.25) is 0 Å².